The van der Waals surface area contributed by atoms with E-state index in [4.69, 9.17) is 0 Å². The molecule has 6 nitrogen and oxygen atoms in total. The Bertz CT molecular complexity index is 1130. The molecule has 2 aromatic rings. The largest absolute Gasteiger partial charge is 0.416 e. The molecule has 2 heterocycles. The first-order valence-electron chi connectivity index (χ1n) is 11.9. The number of carbonyl (C=O) groups is 1. The zero-order valence-electron chi connectivity index (χ0n) is 19.8. The number of alkyl halides is 3. The topological polar surface area (TPSA) is 66.4 Å². The smallest absolute Gasteiger partial charge is 0.382 e. The Morgan fingerprint density at radius 3 is 2.43 bits per heavy atom. The molecule has 1 aromatic heterocycles. The number of pyridine rings is 1. The van der Waals surface area contributed by atoms with Crippen molar-refractivity contribution in [1.82, 2.24) is 20.1 Å². The summed E-state index contributed by atoms with van der Waals surface area (Å²) in [6, 6.07) is 9.02. The number of hydrogen-bond acceptors (Lipinski definition) is 4. The molecule has 1 aliphatic heterocycles. The SMILES string of the molecule is C=C(CNC(=O)c1cccc(C(F)(F)F)c1)NC1CN(C2CCC(n3ccc(C)cc3=O)CC2)C1. The van der Waals surface area contributed by atoms with Gasteiger partial charge < -0.3 is 15.2 Å². The highest BCUT2D eigenvalue weighted by atomic mass is 19.4. The number of halogens is 3. The standard InChI is InChI=1S/C26H31F3N4O2/c1-17-10-11-33(24(34)12-17)23-8-6-22(7-9-23)32-15-21(16-32)31-18(2)14-30-25(35)19-4-3-5-20(13-19)26(27,28)29/h3-5,10-13,21-23,31H,2,6-9,14-16H2,1H3,(H,30,35). The van der Waals surface area contributed by atoms with E-state index in [0.717, 1.165) is 56.5 Å². The van der Waals surface area contributed by atoms with Crippen LogP contribution in [0.15, 0.2) is 59.7 Å². The molecule has 35 heavy (non-hydrogen) atoms. The summed E-state index contributed by atoms with van der Waals surface area (Å²) in [6.07, 6.45) is 1.48. The summed E-state index contributed by atoms with van der Waals surface area (Å²) >= 11 is 0. The van der Waals surface area contributed by atoms with Gasteiger partial charge in [0.1, 0.15) is 0 Å². The van der Waals surface area contributed by atoms with E-state index in [-0.39, 0.29) is 29.8 Å². The van der Waals surface area contributed by atoms with Crippen molar-refractivity contribution in [3.8, 4) is 0 Å². The van der Waals surface area contributed by atoms with E-state index in [1.165, 1.54) is 12.1 Å². The van der Waals surface area contributed by atoms with Crippen molar-refractivity contribution < 1.29 is 18.0 Å². The average Bonchev–Trinajstić information content (AvgIpc) is 2.79. The molecule has 0 radical (unpaired) electrons. The van der Waals surface area contributed by atoms with Crippen molar-refractivity contribution in [1.29, 1.82) is 0 Å². The Kier molecular flexibility index (Phi) is 7.35. The number of nitrogens with zero attached hydrogens (tertiary/aromatic N) is 2. The van der Waals surface area contributed by atoms with E-state index in [1.54, 1.807) is 6.07 Å². The van der Waals surface area contributed by atoms with Crippen molar-refractivity contribution in [2.45, 2.75) is 56.9 Å². The molecule has 1 aliphatic carbocycles. The van der Waals surface area contributed by atoms with Crippen LogP contribution in [0.2, 0.25) is 0 Å². The zero-order valence-corrected chi connectivity index (χ0v) is 19.8. The first kappa shape index (κ1) is 25.0. The minimum atomic E-state index is -4.49. The Morgan fingerprint density at radius 2 is 1.77 bits per heavy atom. The van der Waals surface area contributed by atoms with Crippen LogP contribution in [0, 0.1) is 6.92 Å². The number of hydrogen-bond donors (Lipinski definition) is 2. The number of nitrogens with one attached hydrogen (secondary N) is 2. The predicted octanol–water partition coefficient (Wildman–Crippen LogP) is 3.88. The van der Waals surface area contributed by atoms with Gasteiger partial charge in [-0.15, -0.1) is 0 Å². The third kappa shape index (κ3) is 6.14. The number of rotatable bonds is 7. The van der Waals surface area contributed by atoms with Gasteiger partial charge in [0, 0.05) is 48.7 Å². The fraction of sp³-hybridized carbons (Fsp3) is 0.462. The lowest BCUT2D eigenvalue weighted by Gasteiger charge is -2.47. The van der Waals surface area contributed by atoms with Crippen LogP contribution < -0.4 is 16.2 Å². The van der Waals surface area contributed by atoms with Crippen LogP contribution in [0.3, 0.4) is 0 Å². The van der Waals surface area contributed by atoms with Crippen molar-refractivity contribution >= 4 is 5.91 Å². The van der Waals surface area contributed by atoms with Crippen molar-refractivity contribution in [2.24, 2.45) is 0 Å². The normalized spacial score (nSPS) is 21.3. The molecule has 0 spiro atoms. The molecule has 1 amide bonds. The second-order valence-electron chi connectivity index (χ2n) is 9.57. The lowest BCUT2D eigenvalue weighted by atomic mass is 9.87. The van der Waals surface area contributed by atoms with Gasteiger partial charge >= 0.3 is 6.18 Å². The Hall–Kier alpha value is -3.07. The van der Waals surface area contributed by atoms with Gasteiger partial charge in [-0.3, -0.25) is 14.5 Å². The minimum absolute atomic E-state index is 0.0362. The highest BCUT2D eigenvalue weighted by Gasteiger charge is 2.35. The van der Waals surface area contributed by atoms with Gasteiger partial charge in [-0.05, 0) is 62.4 Å². The summed E-state index contributed by atoms with van der Waals surface area (Å²) in [6.45, 7) is 7.76. The molecule has 2 N–H and O–H groups in total. The first-order chi connectivity index (χ1) is 16.6. The molecule has 0 bridgehead atoms. The van der Waals surface area contributed by atoms with Crippen LogP contribution in [-0.4, -0.2) is 47.1 Å². The van der Waals surface area contributed by atoms with E-state index in [9.17, 15) is 22.8 Å². The number of aryl methyl sites for hydroxylation is 1. The number of amides is 1. The molecule has 1 saturated carbocycles. The zero-order chi connectivity index (χ0) is 25.2. The third-order valence-corrected chi connectivity index (χ3v) is 6.91. The molecule has 1 saturated heterocycles. The number of carbonyl (C=O) groups excluding carboxylic acids is 1. The Morgan fingerprint density at radius 1 is 1.09 bits per heavy atom. The van der Waals surface area contributed by atoms with Crippen LogP contribution in [0.25, 0.3) is 0 Å². The van der Waals surface area contributed by atoms with E-state index in [1.807, 2.05) is 23.8 Å². The summed E-state index contributed by atoms with van der Waals surface area (Å²) in [7, 11) is 0. The predicted molar refractivity (Wildman–Crippen MR) is 128 cm³/mol. The monoisotopic (exact) mass is 488 g/mol. The van der Waals surface area contributed by atoms with Gasteiger partial charge in [-0.25, -0.2) is 0 Å². The van der Waals surface area contributed by atoms with Gasteiger partial charge in [-0.2, -0.15) is 13.2 Å². The average molecular weight is 489 g/mol. The van der Waals surface area contributed by atoms with Gasteiger partial charge in [0.05, 0.1) is 18.2 Å². The summed E-state index contributed by atoms with van der Waals surface area (Å²) in [5.74, 6) is -0.571. The van der Waals surface area contributed by atoms with E-state index >= 15 is 0 Å². The summed E-state index contributed by atoms with van der Waals surface area (Å²) in [5, 5.41) is 5.92. The van der Waals surface area contributed by atoms with Crippen LogP contribution in [0.5, 0.6) is 0 Å². The number of benzene rings is 1. The lowest BCUT2D eigenvalue weighted by molar-refractivity contribution is -0.137. The summed E-state index contributed by atoms with van der Waals surface area (Å²) < 4.78 is 40.4. The van der Waals surface area contributed by atoms with Crippen LogP contribution >= 0.6 is 0 Å². The molecule has 0 atom stereocenters. The highest BCUT2D eigenvalue weighted by molar-refractivity contribution is 5.94. The fourth-order valence-electron chi connectivity index (χ4n) is 4.96. The minimum Gasteiger partial charge on any atom is -0.382 e. The summed E-state index contributed by atoms with van der Waals surface area (Å²) in [4.78, 5) is 26.9. The molecule has 1 aromatic carbocycles. The van der Waals surface area contributed by atoms with Crippen molar-refractivity contribution in [2.75, 3.05) is 19.6 Å². The Labute approximate surface area is 202 Å². The molecule has 188 valence electrons. The fourth-order valence-corrected chi connectivity index (χ4v) is 4.96. The van der Waals surface area contributed by atoms with Crippen molar-refractivity contribution in [3.05, 3.63) is 81.9 Å². The molecule has 9 heteroatoms. The van der Waals surface area contributed by atoms with Crippen LogP contribution in [0.4, 0.5) is 13.2 Å². The number of likely N-dealkylation sites (tertiary alicyclic amines) is 1. The maximum Gasteiger partial charge on any atom is 0.416 e. The molecule has 4 rings (SSSR count). The van der Waals surface area contributed by atoms with E-state index in [2.05, 4.69) is 22.1 Å². The Balaban J connectivity index is 1.17. The van der Waals surface area contributed by atoms with Gasteiger partial charge in [-0.1, -0.05) is 12.6 Å². The second-order valence-corrected chi connectivity index (χ2v) is 9.57. The third-order valence-electron chi connectivity index (χ3n) is 6.91. The first-order valence-corrected chi connectivity index (χ1v) is 11.9. The quantitative estimate of drug-likeness (QED) is 0.621. The van der Waals surface area contributed by atoms with E-state index < -0.39 is 17.6 Å². The van der Waals surface area contributed by atoms with Crippen LogP contribution in [0.1, 0.15) is 53.2 Å². The van der Waals surface area contributed by atoms with E-state index in [0.29, 0.717) is 11.7 Å². The second kappa shape index (κ2) is 10.3. The molecule has 2 fully saturated rings. The maximum absolute atomic E-state index is 12.9. The van der Waals surface area contributed by atoms with Crippen LogP contribution in [-0.2, 0) is 6.18 Å². The molecular weight excluding hydrogens is 457 g/mol. The van der Waals surface area contributed by atoms with Gasteiger partial charge in [0.2, 0.25) is 0 Å². The molecule has 0 unspecified atom stereocenters. The highest BCUT2D eigenvalue weighted by Crippen LogP contribution is 2.32. The summed E-state index contributed by atoms with van der Waals surface area (Å²) in [5.41, 5.74) is 0.788. The van der Waals surface area contributed by atoms with Gasteiger partial charge in [0.15, 0.2) is 0 Å². The maximum atomic E-state index is 12.9. The molecule has 2 aliphatic rings. The number of aromatic nitrogens is 1. The van der Waals surface area contributed by atoms with Gasteiger partial charge in [0.25, 0.3) is 11.5 Å². The van der Waals surface area contributed by atoms with Crippen molar-refractivity contribution in [3.63, 3.8) is 0 Å². The lowest BCUT2D eigenvalue weighted by Crippen LogP contribution is -2.61. The molecular formula is C26H31F3N4O2.